The standard InChI is InChI=1S/C12H15BrN4OS/c1-14-12(15-7-9-5-6-18-16-9)17(2)8-10-3-4-11(13)19-10/h3-6H,7-8H2,1-2H3,(H,14,15). The number of hydrogen-bond donors (Lipinski definition) is 1. The summed E-state index contributed by atoms with van der Waals surface area (Å²) in [6.07, 6.45) is 1.56. The van der Waals surface area contributed by atoms with Crippen LogP contribution in [0.2, 0.25) is 0 Å². The van der Waals surface area contributed by atoms with Crippen molar-refractivity contribution in [3.63, 3.8) is 0 Å². The van der Waals surface area contributed by atoms with Crippen LogP contribution >= 0.6 is 27.3 Å². The lowest BCUT2D eigenvalue weighted by Gasteiger charge is -2.20. The van der Waals surface area contributed by atoms with Crippen LogP contribution in [0.25, 0.3) is 0 Å². The van der Waals surface area contributed by atoms with Crippen LogP contribution in [-0.4, -0.2) is 30.1 Å². The highest BCUT2D eigenvalue weighted by atomic mass is 79.9. The van der Waals surface area contributed by atoms with E-state index in [0.717, 1.165) is 22.0 Å². The largest absolute Gasteiger partial charge is 0.364 e. The fraction of sp³-hybridized carbons (Fsp3) is 0.333. The Morgan fingerprint density at radius 3 is 2.95 bits per heavy atom. The summed E-state index contributed by atoms with van der Waals surface area (Å²) in [4.78, 5) is 7.60. The Hall–Kier alpha value is -1.34. The van der Waals surface area contributed by atoms with Crippen LogP contribution in [0, 0.1) is 0 Å². The van der Waals surface area contributed by atoms with Gasteiger partial charge in [0.05, 0.1) is 16.9 Å². The molecule has 19 heavy (non-hydrogen) atoms. The first-order chi connectivity index (χ1) is 9.19. The lowest BCUT2D eigenvalue weighted by atomic mass is 10.4. The molecule has 0 aliphatic rings. The Kier molecular flexibility index (Phi) is 4.98. The Morgan fingerprint density at radius 2 is 2.37 bits per heavy atom. The number of aromatic nitrogens is 1. The molecule has 0 spiro atoms. The van der Waals surface area contributed by atoms with Crippen LogP contribution in [0.3, 0.4) is 0 Å². The van der Waals surface area contributed by atoms with Crippen LogP contribution in [0.4, 0.5) is 0 Å². The maximum Gasteiger partial charge on any atom is 0.194 e. The maximum atomic E-state index is 4.79. The molecule has 2 heterocycles. The molecule has 1 N–H and O–H groups in total. The van der Waals surface area contributed by atoms with Crippen molar-refractivity contribution in [3.05, 3.63) is 38.8 Å². The van der Waals surface area contributed by atoms with Crippen molar-refractivity contribution in [3.8, 4) is 0 Å². The molecule has 2 rings (SSSR count). The third kappa shape index (κ3) is 4.07. The summed E-state index contributed by atoms with van der Waals surface area (Å²) in [5.74, 6) is 0.826. The molecule has 0 radical (unpaired) electrons. The highest BCUT2D eigenvalue weighted by molar-refractivity contribution is 9.11. The molecule has 5 nitrogen and oxygen atoms in total. The smallest absolute Gasteiger partial charge is 0.194 e. The summed E-state index contributed by atoms with van der Waals surface area (Å²) in [7, 11) is 3.78. The molecule has 0 aliphatic heterocycles. The minimum atomic E-state index is 0.599. The van der Waals surface area contributed by atoms with Gasteiger partial charge in [0.25, 0.3) is 0 Å². The number of nitrogens with zero attached hydrogens (tertiary/aromatic N) is 3. The van der Waals surface area contributed by atoms with Gasteiger partial charge in [0.15, 0.2) is 5.96 Å². The first kappa shape index (κ1) is 14.1. The van der Waals surface area contributed by atoms with E-state index < -0.39 is 0 Å². The van der Waals surface area contributed by atoms with Gasteiger partial charge in [-0.2, -0.15) is 0 Å². The molecule has 0 fully saturated rings. The van der Waals surface area contributed by atoms with Crippen LogP contribution in [0.1, 0.15) is 10.6 Å². The van der Waals surface area contributed by atoms with Gasteiger partial charge >= 0.3 is 0 Å². The van der Waals surface area contributed by atoms with Crippen molar-refractivity contribution in [1.82, 2.24) is 15.4 Å². The first-order valence-corrected chi connectivity index (χ1v) is 7.35. The summed E-state index contributed by atoms with van der Waals surface area (Å²) < 4.78 is 5.93. The Labute approximate surface area is 124 Å². The second kappa shape index (κ2) is 6.72. The zero-order valence-corrected chi connectivity index (χ0v) is 13.2. The highest BCUT2D eigenvalue weighted by Crippen LogP contribution is 2.22. The Bertz CT molecular complexity index is 538. The van der Waals surface area contributed by atoms with Gasteiger partial charge < -0.3 is 14.7 Å². The average molecular weight is 343 g/mol. The summed E-state index contributed by atoms with van der Waals surface area (Å²) in [5.41, 5.74) is 0.855. The highest BCUT2D eigenvalue weighted by Gasteiger charge is 2.08. The Morgan fingerprint density at radius 1 is 1.53 bits per heavy atom. The van der Waals surface area contributed by atoms with Gasteiger partial charge in [-0.1, -0.05) is 5.16 Å². The fourth-order valence-electron chi connectivity index (χ4n) is 1.63. The van der Waals surface area contributed by atoms with Crippen molar-refractivity contribution in [2.24, 2.45) is 4.99 Å². The van der Waals surface area contributed by atoms with E-state index in [1.807, 2.05) is 13.1 Å². The van der Waals surface area contributed by atoms with Gasteiger partial charge in [0.1, 0.15) is 12.0 Å². The molecule has 7 heteroatoms. The molecular weight excluding hydrogens is 328 g/mol. The van der Waals surface area contributed by atoms with E-state index in [2.05, 4.69) is 48.4 Å². The summed E-state index contributed by atoms with van der Waals surface area (Å²) >= 11 is 5.19. The lowest BCUT2D eigenvalue weighted by molar-refractivity contribution is 0.409. The second-order valence-corrected chi connectivity index (χ2v) is 6.50. The first-order valence-electron chi connectivity index (χ1n) is 5.74. The summed E-state index contributed by atoms with van der Waals surface area (Å²) in [6, 6.07) is 5.99. The second-order valence-electron chi connectivity index (χ2n) is 3.95. The number of halogens is 1. The lowest BCUT2D eigenvalue weighted by Crippen LogP contribution is -2.37. The van der Waals surface area contributed by atoms with E-state index in [4.69, 9.17) is 4.52 Å². The van der Waals surface area contributed by atoms with E-state index in [0.29, 0.717) is 6.54 Å². The molecule has 2 aromatic heterocycles. The number of rotatable bonds is 4. The van der Waals surface area contributed by atoms with Crippen molar-refractivity contribution < 1.29 is 4.52 Å². The third-order valence-corrected chi connectivity index (χ3v) is 4.12. The predicted molar refractivity (Wildman–Crippen MR) is 80.2 cm³/mol. The maximum absolute atomic E-state index is 4.79. The molecule has 0 aliphatic carbocycles. The van der Waals surface area contributed by atoms with E-state index in [9.17, 15) is 0 Å². The van der Waals surface area contributed by atoms with Crippen LogP contribution in [0.5, 0.6) is 0 Å². The molecule has 102 valence electrons. The minimum absolute atomic E-state index is 0.599. The van der Waals surface area contributed by atoms with Crippen molar-refractivity contribution in [2.75, 3.05) is 14.1 Å². The minimum Gasteiger partial charge on any atom is -0.364 e. The number of guanidine groups is 1. The van der Waals surface area contributed by atoms with E-state index in [-0.39, 0.29) is 0 Å². The van der Waals surface area contributed by atoms with Gasteiger partial charge in [-0.25, -0.2) is 0 Å². The normalized spacial score (nSPS) is 11.6. The van der Waals surface area contributed by atoms with Gasteiger partial charge in [-0.15, -0.1) is 11.3 Å². The van der Waals surface area contributed by atoms with Crippen LogP contribution in [-0.2, 0) is 13.1 Å². The zero-order chi connectivity index (χ0) is 13.7. The van der Waals surface area contributed by atoms with Gasteiger partial charge in [-0.05, 0) is 28.1 Å². The van der Waals surface area contributed by atoms with Gasteiger partial charge in [-0.3, -0.25) is 4.99 Å². The molecule has 0 atom stereocenters. The molecule has 0 saturated carbocycles. The molecule has 2 aromatic rings. The Balaban J connectivity index is 1.90. The molecular formula is C12H15BrN4OS. The average Bonchev–Trinajstić information content (AvgIpc) is 3.02. The number of nitrogens with one attached hydrogen (secondary N) is 1. The summed E-state index contributed by atoms with van der Waals surface area (Å²) in [5, 5.41) is 7.10. The molecule has 0 amide bonds. The predicted octanol–water partition coefficient (Wildman–Crippen LogP) is 2.71. The van der Waals surface area contributed by atoms with E-state index >= 15 is 0 Å². The molecule has 0 aromatic carbocycles. The van der Waals surface area contributed by atoms with Crippen molar-refractivity contribution in [1.29, 1.82) is 0 Å². The SMILES string of the molecule is CN=C(NCc1ccon1)N(C)Cc1ccc(Br)s1. The third-order valence-electron chi connectivity index (χ3n) is 2.51. The zero-order valence-electron chi connectivity index (χ0n) is 10.8. The molecule has 0 bridgehead atoms. The fourth-order valence-corrected chi connectivity index (χ4v) is 3.17. The number of aliphatic imine (C=N–C) groups is 1. The van der Waals surface area contributed by atoms with E-state index in [1.54, 1.807) is 24.6 Å². The monoisotopic (exact) mass is 342 g/mol. The van der Waals surface area contributed by atoms with E-state index in [1.165, 1.54) is 4.88 Å². The molecule has 0 saturated heterocycles. The topological polar surface area (TPSA) is 53.7 Å². The van der Waals surface area contributed by atoms with Crippen LogP contribution in [0.15, 0.2) is 37.8 Å². The van der Waals surface area contributed by atoms with Crippen molar-refractivity contribution in [2.45, 2.75) is 13.1 Å². The quantitative estimate of drug-likeness (QED) is 0.685. The van der Waals surface area contributed by atoms with Crippen molar-refractivity contribution >= 4 is 33.2 Å². The molecule has 0 unspecified atom stereocenters. The van der Waals surface area contributed by atoms with Gasteiger partial charge in [0.2, 0.25) is 0 Å². The van der Waals surface area contributed by atoms with Crippen LogP contribution < -0.4 is 5.32 Å². The number of hydrogen-bond acceptors (Lipinski definition) is 4. The van der Waals surface area contributed by atoms with Gasteiger partial charge in [0, 0.05) is 25.0 Å². The summed E-state index contributed by atoms with van der Waals surface area (Å²) in [6.45, 7) is 1.41. The number of thiophene rings is 1.